The quantitative estimate of drug-likeness (QED) is 0.201. The highest BCUT2D eigenvalue weighted by Gasteiger charge is 2.48. The third-order valence-corrected chi connectivity index (χ3v) is 16.4. The summed E-state index contributed by atoms with van der Waals surface area (Å²) in [5, 5.41) is 3.81. The van der Waals surface area contributed by atoms with E-state index in [4.69, 9.17) is 16.6 Å². The Hall–Kier alpha value is -6.78. The van der Waals surface area contributed by atoms with Crippen LogP contribution < -0.4 is 5.32 Å². The Balaban J connectivity index is 0.856. The summed E-state index contributed by atoms with van der Waals surface area (Å²) >= 11 is 0. The van der Waals surface area contributed by atoms with Gasteiger partial charge in [-0.1, -0.05) is 165 Å². The lowest BCUT2D eigenvalue weighted by Gasteiger charge is -2.40. The van der Waals surface area contributed by atoms with E-state index in [1.807, 2.05) is 0 Å². The third kappa shape index (κ3) is 7.02. The van der Waals surface area contributed by atoms with Crippen molar-refractivity contribution in [2.24, 2.45) is 21.8 Å². The van der Waals surface area contributed by atoms with Crippen molar-refractivity contribution in [1.82, 2.24) is 10.2 Å². The average molecular weight is 871 g/mol. The van der Waals surface area contributed by atoms with E-state index >= 15 is 0 Å². The van der Waals surface area contributed by atoms with Gasteiger partial charge in [0.05, 0.1) is 0 Å². The summed E-state index contributed by atoms with van der Waals surface area (Å²) in [6, 6.07) is 32.1. The highest BCUT2D eigenvalue weighted by atomic mass is 15.2. The van der Waals surface area contributed by atoms with Gasteiger partial charge in [0.25, 0.3) is 0 Å². The number of allylic oxidation sites excluding steroid dienone is 15. The van der Waals surface area contributed by atoms with Gasteiger partial charge in [-0.2, -0.15) is 0 Å². The normalized spacial score (nSPS) is 26.7. The van der Waals surface area contributed by atoms with Crippen LogP contribution in [0.25, 0.3) is 28.3 Å². The van der Waals surface area contributed by atoms with Crippen LogP contribution in [0.4, 0.5) is 0 Å². The highest BCUT2D eigenvalue weighted by Crippen LogP contribution is 2.58. The van der Waals surface area contributed by atoms with Crippen LogP contribution in [-0.2, 0) is 6.42 Å². The van der Waals surface area contributed by atoms with Crippen molar-refractivity contribution in [1.29, 1.82) is 0 Å². The van der Waals surface area contributed by atoms with Crippen molar-refractivity contribution in [2.75, 3.05) is 0 Å². The summed E-state index contributed by atoms with van der Waals surface area (Å²) in [6.07, 6.45) is 42.9. The Morgan fingerprint density at radius 2 is 1.52 bits per heavy atom. The second-order valence-electron chi connectivity index (χ2n) is 20.0. The third-order valence-electron chi connectivity index (χ3n) is 16.4. The predicted octanol–water partition coefficient (Wildman–Crippen LogP) is 14.5. The Morgan fingerprint density at radius 1 is 0.701 bits per heavy atom. The van der Waals surface area contributed by atoms with E-state index in [-0.39, 0.29) is 18.0 Å². The Labute approximate surface area is 396 Å². The van der Waals surface area contributed by atoms with Gasteiger partial charge in [0, 0.05) is 52.2 Å². The smallest absolute Gasteiger partial charge is 0.159 e. The summed E-state index contributed by atoms with van der Waals surface area (Å²) in [7, 11) is 0. The molecule has 0 amide bonds. The molecule has 0 saturated heterocycles. The number of rotatable bonds is 7. The summed E-state index contributed by atoms with van der Waals surface area (Å²) in [4.78, 5) is 13.4. The first-order chi connectivity index (χ1) is 33.1. The number of benzene rings is 4. The SMILES string of the molecule is C=C1c2c(cc(-c3ccc(C4=NC(c5ccc(C6C=CC=CC6)cc5)=NC(C5=CC=C(c6ccccc6)CC5)N4)cc3)c3c2C=CCC3)C2C(N3C4=C(CCC=C4)C4CCCCC43)=CC=CC12. The van der Waals surface area contributed by atoms with Crippen molar-refractivity contribution < 1.29 is 0 Å². The van der Waals surface area contributed by atoms with Crippen molar-refractivity contribution in [3.63, 3.8) is 0 Å². The van der Waals surface area contributed by atoms with Crippen LogP contribution in [0.3, 0.4) is 0 Å². The van der Waals surface area contributed by atoms with Gasteiger partial charge in [-0.15, -0.1) is 0 Å². The molecule has 0 spiro atoms. The Bertz CT molecular complexity index is 3050. The van der Waals surface area contributed by atoms with Crippen LogP contribution >= 0.6 is 0 Å². The molecule has 4 heteroatoms. The molecule has 9 aliphatic rings. The molecule has 7 aliphatic carbocycles. The molecule has 13 rings (SSSR count). The maximum atomic E-state index is 5.32. The molecule has 6 unspecified atom stereocenters. The lowest BCUT2D eigenvalue weighted by Crippen LogP contribution is -2.40. The van der Waals surface area contributed by atoms with Crippen LogP contribution in [0.15, 0.2) is 197 Å². The van der Waals surface area contributed by atoms with Gasteiger partial charge in [-0.25, -0.2) is 9.98 Å². The van der Waals surface area contributed by atoms with Crippen molar-refractivity contribution in [2.45, 2.75) is 94.7 Å². The molecule has 0 bridgehead atoms. The molecule has 0 radical (unpaired) electrons. The van der Waals surface area contributed by atoms with E-state index in [1.54, 1.807) is 5.57 Å². The molecule has 1 saturated carbocycles. The van der Waals surface area contributed by atoms with E-state index in [9.17, 15) is 0 Å². The number of amidine groups is 2. The number of aliphatic imine (C=N–C) groups is 2. The average Bonchev–Trinajstić information content (AvgIpc) is 3.90. The fourth-order valence-electron chi connectivity index (χ4n) is 13.1. The summed E-state index contributed by atoms with van der Waals surface area (Å²) in [5.74, 6) is 3.25. The predicted molar refractivity (Wildman–Crippen MR) is 279 cm³/mol. The van der Waals surface area contributed by atoms with E-state index < -0.39 is 0 Å². The van der Waals surface area contributed by atoms with Crippen LogP contribution in [0.1, 0.15) is 121 Å². The van der Waals surface area contributed by atoms with Crippen LogP contribution in [0.2, 0.25) is 0 Å². The maximum Gasteiger partial charge on any atom is 0.159 e. The molecular formula is C63H58N4. The fraction of sp³-hybridized carbons (Fsp3) is 0.270. The molecule has 1 fully saturated rings. The van der Waals surface area contributed by atoms with Gasteiger partial charge in [-0.05, 0) is 143 Å². The van der Waals surface area contributed by atoms with Crippen LogP contribution in [-0.4, -0.2) is 28.8 Å². The topological polar surface area (TPSA) is 40.0 Å². The molecule has 2 heterocycles. The largest absolute Gasteiger partial charge is 0.344 e. The van der Waals surface area contributed by atoms with E-state index in [0.717, 1.165) is 54.9 Å². The number of nitrogens with one attached hydrogen (secondary N) is 1. The van der Waals surface area contributed by atoms with Gasteiger partial charge in [0.1, 0.15) is 12.0 Å². The number of nitrogens with zero attached hydrogens (tertiary/aromatic N) is 3. The highest BCUT2D eigenvalue weighted by molar-refractivity contribution is 6.13. The lowest BCUT2D eigenvalue weighted by molar-refractivity contribution is 0.216. The maximum absolute atomic E-state index is 5.32. The number of fused-ring (bicyclic) bond motifs is 7. The van der Waals surface area contributed by atoms with Gasteiger partial charge in [-0.3, -0.25) is 0 Å². The standard InChI is InChI=1S/C63H58N4/c1-40-49-23-14-26-58(67-56-24-12-10-20-51(56)52-21-11-13-25-57(52)67)60(49)55-39-54(50-19-8-9-22-53(50)59(40)55)45-31-37-48(38-32-45)63-65-61(46-33-27-43(28-34-46)41-15-4-2-5-16-41)64-62(66-63)47-35-29-44(30-36-47)42-17-6-3-7-18-42/h2-7,9,12,14-17,22-24,26-27,29-33,35-39,42,49,52,57,60-61H,1,8,10-11,13,18-21,25,28,34H2,(H,64,65,66). The molecule has 67 heavy (non-hydrogen) atoms. The van der Waals surface area contributed by atoms with Gasteiger partial charge < -0.3 is 10.2 Å². The first-order valence-electron chi connectivity index (χ1n) is 25.2. The minimum absolute atomic E-state index is 0.208. The van der Waals surface area contributed by atoms with Crippen molar-refractivity contribution in [3.8, 4) is 11.1 Å². The van der Waals surface area contributed by atoms with Crippen molar-refractivity contribution >= 4 is 28.9 Å². The zero-order valence-electron chi connectivity index (χ0n) is 38.4. The summed E-state index contributed by atoms with van der Waals surface area (Å²) in [5.41, 5.74) is 21.7. The molecule has 4 aromatic rings. The van der Waals surface area contributed by atoms with E-state index in [1.165, 1.54) is 111 Å². The molecule has 4 aromatic carbocycles. The Kier molecular flexibility index (Phi) is 10.2. The van der Waals surface area contributed by atoms with Gasteiger partial charge >= 0.3 is 0 Å². The molecule has 6 atom stereocenters. The van der Waals surface area contributed by atoms with Gasteiger partial charge in [0.2, 0.25) is 0 Å². The summed E-state index contributed by atoms with van der Waals surface area (Å²) in [6.45, 7) is 4.89. The van der Waals surface area contributed by atoms with Gasteiger partial charge in [0.15, 0.2) is 5.84 Å². The first kappa shape index (κ1) is 40.5. The lowest BCUT2D eigenvalue weighted by atomic mass is 9.78. The summed E-state index contributed by atoms with van der Waals surface area (Å²) < 4.78 is 0. The first-order valence-corrected chi connectivity index (χ1v) is 25.2. The van der Waals surface area contributed by atoms with E-state index in [2.05, 4.69) is 174 Å². The van der Waals surface area contributed by atoms with E-state index in [0.29, 0.717) is 17.9 Å². The minimum atomic E-state index is -0.208. The molecule has 2 aliphatic heterocycles. The van der Waals surface area contributed by atoms with Crippen LogP contribution in [0.5, 0.6) is 0 Å². The zero-order valence-corrected chi connectivity index (χ0v) is 38.4. The van der Waals surface area contributed by atoms with Crippen LogP contribution in [0, 0.1) is 11.8 Å². The molecule has 1 N–H and O–H groups in total. The van der Waals surface area contributed by atoms with Crippen molar-refractivity contribution in [3.05, 3.63) is 231 Å². The molecule has 330 valence electrons. The fourth-order valence-corrected chi connectivity index (χ4v) is 13.1. The molecule has 4 nitrogen and oxygen atoms in total. The second-order valence-corrected chi connectivity index (χ2v) is 20.0. The number of hydrogen-bond donors (Lipinski definition) is 1. The monoisotopic (exact) mass is 870 g/mol. The molecular weight excluding hydrogens is 813 g/mol. The Morgan fingerprint density at radius 3 is 2.36 bits per heavy atom. The zero-order chi connectivity index (χ0) is 44.4. The number of hydrogen-bond acceptors (Lipinski definition) is 4. The minimum Gasteiger partial charge on any atom is -0.344 e. The second kappa shape index (κ2) is 16.8. The molecule has 0 aromatic heterocycles.